The van der Waals surface area contributed by atoms with Crippen LogP contribution in [0.25, 0.3) is 0 Å². The van der Waals surface area contributed by atoms with Gasteiger partial charge in [-0.15, -0.1) is 0 Å². The second-order valence-corrected chi connectivity index (χ2v) is 5.65. The molecule has 1 aliphatic carbocycles. The van der Waals surface area contributed by atoms with E-state index in [0.29, 0.717) is 12.5 Å². The van der Waals surface area contributed by atoms with E-state index in [2.05, 4.69) is 27.1 Å². The largest absolute Gasteiger partial charge is 0.476 e. The van der Waals surface area contributed by atoms with Gasteiger partial charge in [0.05, 0.1) is 0 Å². The molecule has 0 radical (unpaired) electrons. The number of rotatable bonds is 7. The second-order valence-electron chi connectivity index (χ2n) is 5.65. The van der Waals surface area contributed by atoms with Gasteiger partial charge in [0.1, 0.15) is 18.2 Å². The number of hydrogen-bond acceptors (Lipinski definition) is 5. The number of likely N-dealkylation sites (tertiary alicyclic amines) is 1. The predicted molar refractivity (Wildman–Crippen MR) is 79.3 cm³/mol. The zero-order chi connectivity index (χ0) is 13.8. The molecular weight excluding hydrogens is 252 g/mol. The summed E-state index contributed by atoms with van der Waals surface area (Å²) >= 11 is 0. The van der Waals surface area contributed by atoms with Gasteiger partial charge >= 0.3 is 0 Å². The van der Waals surface area contributed by atoms with Crippen molar-refractivity contribution in [3.8, 4) is 5.88 Å². The first-order valence-electron chi connectivity index (χ1n) is 7.83. The van der Waals surface area contributed by atoms with Gasteiger partial charge in [0.2, 0.25) is 5.88 Å². The van der Waals surface area contributed by atoms with Gasteiger partial charge < -0.3 is 10.1 Å². The van der Waals surface area contributed by atoms with Gasteiger partial charge in [0.25, 0.3) is 0 Å². The van der Waals surface area contributed by atoms with Gasteiger partial charge in [-0.05, 0) is 45.7 Å². The molecule has 1 N–H and O–H groups in total. The molecule has 3 rings (SSSR count). The average Bonchev–Trinajstić information content (AvgIpc) is 3.17. The van der Waals surface area contributed by atoms with E-state index < -0.39 is 0 Å². The van der Waals surface area contributed by atoms with Crippen molar-refractivity contribution in [2.75, 3.05) is 38.1 Å². The molecule has 0 bridgehead atoms. The van der Waals surface area contributed by atoms with E-state index >= 15 is 0 Å². The van der Waals surface area contributed by atoms with Gasteiger partial charge in [-0.25, -0.2) is 4.98 Å². The molecule has 0 spiro atoms. The lowest BCUT2D eigenvalue weighted by Crippen LogP contribution is -2.25. The average molecular weight is 276 g/mol. The highest BCUT2D eigenvalue weighted by atomic mass is 16.5. The van der Waals surface area contributed by atoms with Crippen LogP contribution in [0.1, 0.15) is 44.3 Å². The minimum atomic E-state index is 0.550. The fourth-order valence-electron chi connectivity index (χ4n) is 2.60. The van der Waals surface area contributed by atoms with Crippen LogP contribution in [-0.2, 0) is 0 Å². The van der Waals surface area contributed by atoms with Crippen LogP contribution in [0.2, 0.25) is 0 Å². The summed E-state index contributed by atoms with van der Waals surface area (Å²) in [7, 11) is 0. The molecule has 0 amide bonds. The molecule has 20 heavy (non-hydrogen) atoms. The zero-order valence-electron chi connectivity index (χ0n) is 12.3. The molecule has 1 aliphatic heterocycles. The molecule has 2 fully saturated rings. The Balaban J connectivity index is 1.58. The van der Waals surface area contributed by atoms with Gasteiger partial charge in [-0.3, -0.25) is 4.90 Å². The maximum absolute atomic E-state index is 5.84. The Kier molecular flexibility index (Phi) is 4.35. The normalized spacial score (nSPS) is 19.2. The Labute approximate surface area is 120 Å². The Hall–Kier alpha value is -1.36. The zero-order valence-corrected chi connectivity index (χ0v) is 12.3. The molecule has 1 saturated carbocycles. The Morgan fingerprint density at radius 2 is 2.10 bits per heavy atom. The van der Waals surface area contributed by atoms with Gasteiger partial charge in [-0.1, -0.05) is 0 Å². The molecular formula is C15H24N4O. The maximum atomic E-state index is 5.84. The van der Waals surface area contributed by atoms with Crippen LogP contribution in [0.4, 0.5) is 5.82 Å². The number of aromatic nitrogens is 2. The van der Waals surface area contributed by atoms with Crippen LogP contribution in [-0.4, -0.2) is 47.7 Å². The second kappa shape index (κ2) is 6.39. The Morgan fingerprint density at radius 3 is 2.80 bits per heavy atom. The fraction of sp³-hybridized carbons (Fsp3) is 0.733. The van der Waals surface area contributed by atoms with Crippen molar-refractivity contribution < 1.29 is 4.74 Å². The number of nitrogens with one attached hydrogen (secondary N) is 1. The van der Waals surface area contributed by atoms with Gasteiger partial charge in [0, 0.05) is 25.1 Å². The third-order valence-electron chi connectivity index (χ3n) is 3.88. The molecule has 110 valence electrons. The summed E-state index contributed by atoms with van der Waals surface area (Å²) in [4.78, 5) is 11.6. The van der Waals surface area contributed by atoms with Crippen molar-refractivity contribution in [3.63, 3.8) is 0 Å². The lowest BCUT2D eigenvalue weighted by molar-refractivity contribution is 0.231. The molecule has 2 heterocycles. The van der Waals surface area contributed by atoms with Crippen molar-refractivity contribution >= 4 is 5.82 Å². The first-order chi connectivity index (χ1) is 9.85. The van der Waals surface area contributed by atoms with Crippen LogP contribution in [0.5, 0.6) is 5.88 Å². The summed E-state index contributed by atoms with van der Waals surface area (Å²) in [6.45, 7) is 7.08. The third-order valence-corrected chi connectivity index (χ3v) is 3.88. The monoisotopic (exact) mass is 276 g/mol. The number of anilines is 1. The van der Waals surface area contributed by atoms with Crippen LogP contribution < -0.4 is 10.1 Å². The summed E-state index contributed by atoms with van der Waals surface area (Å²) < 4.78 is 5.84. The summed E-state index contributed by atoms with van der Waals surface area (Å²) in [6, 6.07) is 1.92. The lowest BCUT2D eigenvalue weighted by atomic mass is 10.4. The van der Waals surface area contributed by atoms with E-state index in [1.807, 2.05) is 6.07 Å². The number of hydrogen-bond donors (Lipinski definition) is 1. The minimum Gasteiger partial charge on any atom is -0.476 e. The Bertz CT molecular complexity index is 441. The predicted octanol–water partition coefficient (Wildman–Crippen LogP) is 2.26. The van der Waals surface area contributed by atoms with Crippen LogP contribution in [0, 0.1) is 0 Å². The van der Waals surface area contributed by atoms with Crippen molar-refractivity contribution in [2.24, 2.45) is 0 Å². The number of nitrogens with zero attached hydrogens (tertiary/aromatic N) is 3. The van der Waals surface area contributed by atoms with Crippen LogP contribution in [0.3, 0.4) is 0 Å². The van der Waals surface area contributed by atoms with Crippen molar-refractivity contribution in [2.45, 2.75) is 38.5 Å². The number of ether oxygens (including phenoxy) is 1. The summed E-state index contributed by atoms with van der Waals surface area (Å²) in [5.74, 6) is 3.10. The summed E-state index contributed by atoms with van der Waals surface area (Å²) in [6.07, 6.45) is 5.07. The highest BCUT2D eigenvalue weighted by Crippen LogP contribution is 2.39. The van der Waals surface area contributed by atoms with E-state index in [9.17, 15) is 0 Å². The topological polar surface area (TPSA) is 50.3 Å². The molecule has 0 atom stereocenters. The molecule has 2 aliphatic rings. The smallest absolute Gasteiger partial charge is 0.218 e. The van der Waals surface area contributed by atoms with E-state index in [4.69, 9.17) is 4.74 Å². The van der Waals surface area contributed by atoms with Crippen LogP contribution >= 0.6 is 0 Å². The highest BCUT2D eigenvalue weighted by molar-refractivity contribution is 5.39. The molecule has 1 saturated heterocycles. The molecule has 0 aromatic carbocycles. The maximum Gasteiger partial charge on any atom is 0.218 e. The quantitative estimate of drug-likeness (QED) is 0.828. The first-order valence-corrected chi connectivity index (χ1v) is 7.83. The van der Waals surface area contributed by atoms with Crippen molar-refractivity contribution in [3.05, 3.63) is 11.9 Å². The van der Waals surface area contributed by atoms with E-state index in [1.165, 1.54) is 38.8 Å². The molecule has 1 aromatic rings. The molecule has 5 heteroatoms. The van der Waals surface area contributed by atoms with Crippen molar-refractivity contribution in [1.82, 2.24) is 14.9 Å². The molecule has 0 unspecified atom stereocenters. The Morgan fingerprint density at radius 1 is 1.30 bits per heavy atom. The van der Waals surface area contributed by atoms with Gasteiger partial charge in [0.15, 0.2) is 0 Å². The SMILES string of the molecule is CCNc1cc(OCCN2CCCC2)nc(C2CC2)n1. The third kappa shape index (κ3) is 3.60. The van der Waals surface area contributed by atoms with Crippen LogP contribution in [0.15, 0.2) is 6.07 Å². The summed E-state index contributed by atoms with van der Waals surface area (Å²) in [5.41, 5.74) is 0. The molecule has 1 aromatic heterocycles. The minimum absolute atomic E-state index is 0.550. The first kappa shape index (κ1) is 13.6. The lowest BCUT2D eigenvalue weighted by Gasteiger charge is -2.15. The van der Waals surface area contributed by atoms with Crippen molar-refractivity contribution in [1.29, 1.82) is 0 Å². The van der Waals surface area contributed by atoms with Gasteiger partial charge in [-0.2, -0.15) is 4.98 Å². The van der Waals surface area contributed by atoms with E-state index in [-0.39, 0.29) is 0 Å². The van der Waals surface area contributed by atoms with E-state index in [1.54, 1.807) is 0 Å². The fourth-order valence-corrected chi connectivity index (χ4v) is 2.60. The molecule has 5 nitrogen and oxygen atoms in total. The standard InChI is InChI=1S/C15H24N4O/c1-2-16-13-11-14(18-15(17-13)12-5-6-12)20-10-9-19-7-3-4-8-19/h11-12H,2-10H2,1H3,(H,16,17,18). The summed E-state index contributed by atoms with van der Waals surface area (Å²) in [5, 5.41) is 3.26. The van der Waals surface area contributed by atoms with E-state index in [0.717, 1.165) is 30.6 Å². The highest BCUT2D eigenvalue weighted by Gasteiger charge is 2.27.